The van der Waals surface area contributed by atoms with Crippen LogP contribution in [0.15, 0.2) is 12.1 Å². The summed E-state index contributed by atoms with van der Waals surface area (Å²) in [6.07, 6.45) is 0. The maximum Gasteiger partial charge on any atom is 0.237 e. The van der Waals surface area contributed by atoms with Gasteiger partial charge in [-0.05, 0) is 24.6 Å². The molecule has 1 aromatic rings. The third-order valence-corrected chi connectivity index (χ3v) is 5.49. The van der Waals surface area contributed by atoms with Crippen LogP contribution in [0.1, 0.15) is 12.5 Å². The van der Waals surface area contributed by atoms with Gasteiger partial charge in [-0.3, -0.25) is 4.79 Å². The van der Waals surface area contributed by atoms with Crippen LogP contribution >= 0.6 is 11.6 Å². The highest BCUT2D eigenvalue weighted by Crippen LogP contribution is 2.38. The molecule has 0 bridgehead atoms. The minimum atomic E-state index is -3.64. The van der Waals surface area contributed by atoms with Crippen molar-refractivity contribution < 1.29 is 22.7 Å². The van der Waals surface area contributed by atoms with Crippen molar-refractivity contribution in [3.63, 3.8) is 0 Å². The molecule has 1 amide bonds. The lowest BCUT2D eigenvalue weighted by Gasteiger charge is -2.20. The molecule has 1 aliphatic heterocycles. The summed E-state index contributed by atoms with van der Waals surface area (Å²) in [4.78, 5) is 11.5. The van der Waals surface area contributed by atoms with Gasteiger partial charge in [0, 0.05) is 7.05 Å². The molecule has 1 aliphatic rings. The summed E-state index contributed by atoms with van der Waals surface area (Å²) in [6, 6.07) is 3.09. The van der Waals surface area contributed by atoms with Gasteiger partial charge >= 0.3 is 0 Å². The smallest absolute Gasteiger partial charge is 0.237 e. The van der Waals surface area contributed by atoms with Crippen LogP contribution in [0.25, 0.3) is 0 Å². The Morgan fingerprint density at radius 1 is 1.38 bits per heavy atom. The number of fused-ring (bicyclic) bond motifs is 1. The predicted molar refractivity (Wildman–Crippen MR) is 78.6 cm³/mol. The van der Waals surface area contributed by atoms with Gasteiger partial charge in [0.2, 0.25) is 5.91 Å². The zero-order valence-corrected chi connectivity index (χ0v) is 13.3. The Morgan fingerprint density at radius 2 is 2.05 bits per heavy atom. The number of sulfone groups is 1. The first-order chi connectivity index (χ1) is 9.85. The van der Waals surface area contributed by atoms with Crippen LogP contribution in [0.5, 0.6) is 11.5 Å². The third-order valence-electron chi connectivity index (χ3n) is 3.18. The molecule has 1 N–H and O–H groups in total. The largest absolute Gasteiger partial charge is 0.486 e. The zero-order valence-electron chi connectivity index (χ0n) is 11.7. The van der Waals surface area contributed by atoms with Gasteiger partial charge in [-0.15, -0.1) is 0 Å². The molecule has 1 heterocycles. The molecule has 0 saturated carbocycles. The molecule has 0 aromatic heterocycles. The summed E-state index contributed by atoms with van der Waals surface area (Å²) in [5.74, 6) is 0.00593. The average Bonchev–Trinajstić information content (AvgIpc) is 2.45. The molecule has 1 aromatic carbocycles. The summed E-state index contributed by atoms with van der Waals surface area (Å²) in [6.45, 7) is 2.14. The number of nitrogens with one attached hydrogen (secondary N) is 1. The SMILES string of the molecule is CNC(=O)C(C)S(=O)(=O)Cc1cc(Cl)c2c(c1)OCCO2. The summed E-state index contributed by atoms with van der Waals surface area (Å²) in [5, 5.41) is 1.50. The molecule has 0 spiro atoms. The molecule has 6 nitrogen and oxygen atoms in total. The summed E-state index contributed by atoms with van der Waals surface area (Å²) in [5.41, 5.74) is 0.458. The van der Waals surface area contributed by atoms with E-state index >= 15 is 0 Å². The van der Waals surface area contributed by atoms with E-state index < -0.39 is 21.0 Å². The van der Waals surface area contributed by atoms with Gasteiger partial charge in [0.1, 0.15) is 18.5 Å². The minimum Gasteiger partial charge on any atom is -0.486 e. The maximum atomic E-state index is 12.2. The van der Waals surface area contributed by atoms with E-state index in [-0.39, 0.29) is 5.75 Å². The number of hydrogen-bond acceptors (Lipinski definition) is 5. The number of hydrogen-bond donors (Lipinski definition) is 1. The quantitative estimate of drug-likeness (QED) is 0.894. The molecule has 2 rings (SSSR count). The van der Waals surface area contributed by atoms with Gasteiger partial charge < -0.3 is 14.8 Å². The van der Waals surface area contributed by atoms with Gasteiger partial charge in [0.25, 0.3) is 0 Å². The van der Waals surface area contributed by atoms with E-state index in [0.717, 1.165) is 0 Å². The van der Waals surface area contributed by atoms with E-state index in [1.807, 2.05) is 0 Å². The van der Waals surface area contributed by atoms with Crippen molar-refractivity contribution in [3.8, 4) is 11.5 Å². The molecule has 8 heteroatoms. The third kappa shape index (κ3) is 3.41. The van der Waals surface area contributed by atoms with Crippen LogP contribution in [0.4, 0.5) is 0 Å². The second-order valence-electron chi connectivity index (χ2n) is 4.67. The second-order valence-corrected chi connectivity index (χ2v) is 7.39. The Morgan fingerprint density at radius 3 is 2.71 bits per heavy atom. The average molecular weight is 334 g/mol. The fraction of sp³-hybridized carbons (Fsp3) is 0.462. The molecule has 0 saturated heterocycles. The van der Waals surface area contributed by atoms with Gasteiger partial charge in [0.05, 0.1) is 10.8 Å². The van der Waals surface area contributed by atoms with Crippen molar-refractivity contribution in [1.29, 1.82) is 0 Å². The number of carbonyl (C=O) groups is 1. The number of rotatable bonds is 4. The van der Waals surface area contributed by atoms with Crippen LogP contribution in [0, 0.1) is 0 Å². The van der Waals surface area contributed by atoms with Crippen molar-refractivity contribution in [2.75, 3.05) is 20.3 Å². The van der Waals surface area contributed by atoms with Crippen LogP contribution in [0.2, 0.25) is 5.02 Å². The zero-order chi connectivity index (χ0) is 15.6. The summed E-state index contributed by atoms with van der Waals surface area (Å²) in [7, 11) is -2.24. The second kappa shape index (κ2) is 6.11. The first kappa shape index (κ1) is 15.9. The molecule has 1 atom stereocenters. The number of ether oxygens (including phenoxy) is 2. The van der Waals surface area contributed by atoms with Gasteiger partial charge in [-0.25, -0.2) is 8.42 Å². The molecule has 116 valence electrons. The van der Waals surface area contributed by atoms with E-state index in [9.17, 15) is 13.2 Å². The highest BCUT2D eigenvalue weighted by Gasteiger charge is 2.28. The molecular weight excluding hydrogens is 318 g/mol. The number of benzene rings is 1. The molecule has 1 unspecified atom stereocenters. The Bertz CT molecular complexity index is 659. The lowest BCUT2D eigenvalue weighted by molar-refractivity contribution is -0.119. The summed E-state index contributed by atoms with van der Waals surface area (Å²) < 4.78 is 35.2. The van der Waals surface area contributed by atoms with Crippen molar-refractivity contribution in [1.82, 2.24) is 5.32 Å². The number of halogens is 1. The Balaban J connectivity index is 2.27. The van der Waals surface area contributed by atoms with E-state index in [0.29, 0.717) is 35.3 Å². The van der Waals surface area contributed by atoms with Gasteiger partial charge in [-0.1, -0.05) is 11.6 Å². The summed E-state index contributed by atoms with van der Waals surface area (Å²) >= 11 is 6.07. The molecule has 0 radical (unpaired) electrons. The van der Waals surface area contributed by atoms with Gasteiger partial charge in [-0.2, -0.15) is 0 Å². The predicted octanol–water partition coefficient (Wildman–Crippen LogP) is 1.16. The fourth-order valence-electron chi connectivity index (χ4n) is 1.97. The Hall–Kier alpha value is -1.47. The van der Waals surface area contributed by atoms with Crippen LogP contribution in [0.3, 0.4) is 0 Å². The van der Waals surface area contributed by atoms with E-state index in [1.54, 1.807) is 6.07 Å². The van der Waals surface area contributed by atoms with E-state index in [4.69, 9.17) is 21.1 Å². The number of carbonyl (C=O) groups excluding carboxylic acids is 1. The van der Waals surface area contributed by atoms with Crippen LogP contribution in [-0.2, 0) is 20.4 Å². The lowest BCUT2D eigenvalue weighted by atomic mass is 10.2. The topological polar surface area (TPSA) is 81.7 Å². The normalized spacial score (nSPS) is 15.4. The highest BCUT2D eigenvalue weighted by molar-refractivity contribution is 7.92. The van der Waals surface area contributed by atoms with Crippen LogP contribution in [-0.4, -0.2) is 39.8 Å². The van der Waals surface area contributed by atoms with Crippen molar-refractivity contribution >= 4 is 27.3 Å². The molecule has 0 fully saturated rings. The van der Waals surface area contributed by atoms with Crippen LogP contribution < -0.4 is 14.8 Å². The van der Waals surface area contributed by atoms with Crippen molar-refractivity contribution in [2.24, 2.45) is 0 Å². The first-order valence-electron chi connectivity index (χ1n) is 6.36. The van der Waals surface area contributed by atoms with Crippen molar-refractivity contribution in [3.05, 3.63) is 22.7 Å². The van der Waals surface area contributed by atoms with E-state index in [1.165, 1.54) is 20.0 Å². The Labute approximate surface area is 128 Å². The highest BCUT2D eigenvalue weighted by atomic mass is 35.5. The first-order valence-corrected chi connectivity index (χ1v) is 8.45. The van der Waals surface area contributed by atoms with Gasteiger partial charge in [0.15, 0.2) is 21.3 Å². The lowest BCUT2D eigenvalue weighted by Crippen LogP contribution is -2.36. The Kier molecular flexibility index (Phi) is 4.63. The van der Waals surface area contributed by atoms with Crippen molar-refractivity contribution in [2.45, 2.75) is 17.9 Å². The number of amides is 1. The molecule has 21 heavy (non-hydrogen) atoms. The minimum absolute atomic E-state index is 0.294. The maximum absolute atomic E-state index is 12.2. The monoisotopic (exact) mass is 333 g/mol. The standard InChI is InChI=1S/C13H16ClNO5S/c1-8(13(16)15-2)21(17,18)7-9-5-10(14)12-11(6-9)19-3-4-20-12/h5-6,8H,3-4,7H2,1-2H3,(H,15,16). The van der Waals surface area contributed by atoms with E-state index in [2.05, 4.69) is 5.32 Å². The molecule has 0 aliphatic carbocycles. The molecular formula is C13H16ClNO5S. The fourth-order valence-corrected chi connectivity index (χ4v) is 3.58.